The third kappa shape index (κ3) is 5.55. The Bertz CT molecular complexity index is 524. The number of ether oxygens (including phenoxy) is 1. The monoisotopic (exact) mass is 298 g/mol. The van der Waals surface area contributed by atoms with Gasteiger partial charge in [-0.1, -0.05) is 62.5 Å². The van der Waals surface area contributed by atoms with Gasteiger partial charge in [0, 0.05) is 5.57 Å². The lowest BCUT2D eigenvalue weighted by molar-refractivity contribution is 0.140. The van der Waals surface area contributed by atoms with Crippen molar-refractivity contribution in [1.29, 1.82) is 0 Å². The third-order valence-corrected chi connectivity index (χ3v) is 3.77. The average Bonchev–Trinajstić information content (AvgIpc) is 2.79. The highest BCUT2D eigenvalue weighted by molar-refractivity contribution is 5.40. The fraction of sp³-hybridized carbons (Fsp3) is 0.429. The topological polar surface area (TPSA) is 9.23 Å². The molecule has 1 aliphatic rings. The molecule has 0 saturated heterocycles. The Morgan fingerprint density at radius 1 is 1.23 bits per heavy atom. The molecule has 0 spiro atoms. The zero-order valence-electron chi connectivity index (χ0n) is 14.7. The number of hydrogen-bond donors (Lipinski definition) is 0. The lowest BCUT2D eigenvalue weighted by atomic mass is 10.0. The highest BCUT2D eigenvalue weighted by Gasteiger charge is 2.15. The Morgan fingerprint density at radius 3 is 2.64 bits per heavy atom. The molecule has 1 nitrogen and oxygen atoms in total. The second-order valence-corrected chi connectivity index (χ2v) is 5.54. The molecule has 1 heteroatoms. The number of hydrogen-bond acceptors (Lipinski definition) is 1. The SMILES string of the molecule is C\C=C/C(C(/C)=C\CC)=C(/C)OC(CC)C1=CC=CC=CC1. The lowest BCUT2D eigenvalue weighted by Gasteiger charge is -2.22. The smallest absolute Gasteiger partial charge is 0.120 e. The van der Waals surface area contributed by atoms with Gasteiger partial charge >= 0.3 is 0 Å². The fourth-order valence-electron chi connectivity index (χ4n) is 2.64. The Labute approximate surface area is 136 Å². The van der Waals surface area contributed by atoms with Crippen molar-refractivity contribution in [3.8, 4) is 0 Å². The van der Waals surface area contributed by atoms with Gasteiger partial charge in [0.1, 0.15) is 11.9 Å². The van der Waals surface area contributed by atoms with Gasteiger partial charge in [-0.15, -0.1) is 0 Å². The van der Waals surface area contributed by atoms with Gasteiger partial charge in [0.25, 0.3) is 0 Å². The predicted octanol–water partition coefficient (Wildman–Crippen LogP) is 6.43. The van der Waals surface area contributed by atoms with Gasteiger partial charge in [0.15, 0.2) is 0 Å². The second-order valence-electron chi connectivity index (χ2n) is 5.54. The molecular weight excluding hydrogens is 268 g/mol. The minimum absolute atomic E-state index is 0.141. The van der Waals surface area contributed by atoms with E-state index >= 15 is 0 Å². The van der Waals surface area contributed by atoms with E-state index in [1.165, 1.54) is 16.7 Å². The summed E-state index contributed by atoms with van der Waals surface area (Å²) in [6.07, 6.45) is 20.2. The summed E-state index contributed by atoms with van der Waals surface area (Å²) >= 11 is 0. The molecule has 0 saturated carbocycles. The maximum Gasteiger partial charge on any atom is 0.120 e. The van der Waals surface area contributed by atoms with E-state index in [1.807, 2.05) is 6.92 Å². The van der Waals surface area contributed by atoms with Gasteiger partial charge in [-0.3, -0.25) is 0 Å². The molecule has 1 atom stereocenters. The third-order valence-electron chi connectivity index (χ3n) is 3.77. The van der Waals surface area contributed by atoms with Crippen LogP contribution in [0.2, 0.25) is 0 Å². The molecule has 0 bridgehead atoms. The zero-order chi connectivity index (χ0) is 16.4. The van der Waals surface area contributed by atoms with E-state index in [0.29, 0.717) is 0 Å². The molecular formula is C21H30O. The zero-order valence-corrected chi connectivity index (χ0v) is 14.7. The Hall–Kier alpha value is -1.76. The summed E-state index contributed by atoms with van der Waals surface area (Å²) in [5.41, 5.74) is 3.81. The van der Waals surface area contributed by atoms with Gasteiger partial charge in [-0.25, -0.2) is 0 Å². The molecule has 0 heterocycles. The van der Waals surface area contributed by atoms with Crippen molar-refractivity contribution in [2.75, 3.05) is 0 Å². The number of rotatable bonds is 7. The summed E-state index contributed by atoms with van der Waals surface area (Å²) in [4.78, 5) is 0. The van der Waals surface area contributed by atoms with Crippen LogP contribution in [0.1, 0.15) is 53.9 Å². The summed E-state index contributed by atoms with van der Waals surface area (Å²) in [7, 11) is 0. The molecule has 0 amide bonds. The van der Waals surface area contributed by atoms with Gasteiger partial charge in [0.05, 0.1) is 0 Å². The first-order chi connectivity index (χ1) is 10.6. The van der Waals surface area contributed by atoms with Gasteiger partial charge in [0.2, 0.25) is 0 Å². The van der Waals surface area contributed by atoms with Crippen molar-refractivity contribution < 1.29 is 4.74 Å². The molecule has 1 aliphatic carbocycles. The Morgan fingerprint density at radius 2 is 2.00 bits per heavy atom. The van der Waals surface area contributed by atoms with Crippen LogP contribution in [0.3, 0.4) is 0 Å². The predicted molar refractivity (Wildman–Crippen MR) is 97.7 cm³/mol. The summed E-state index contributed by atoms with van der Waals surface area (Å²) < 4.78 is 6.33. The van der Waals surface area contributed by atoms with Crippen LogP contribution < -0.4 is 0 Å². The molecule has 0 aromatic rings. The van der Waals surface area contributed by atoms with Crippen LogP contribution in [0.5, 0.6) is 0 Å². The first-order valence-electron chi connectivity index (χ1n) is 8.33. The fourth-order valence-corrected chi connectivity index (χ4v) is 2.64. The minimum Gasteiger partial charge on any atom is -0.490 e. The summed E-state index contributed by atoms with van der Waals surface area (Å²) in [5.74, 6) is 1.00. The molecule has 120 valence electrons. The standard InChI is InChI=1S/C21H30O/c1-6-13-17(4)20(14-7-2)18(5)22-21(8-3)19-15-11-9-10-12-16-19/h7,9-15,21H,6,8,16H2,1-5H3/b14-7-,17-13-,20-18+. The van der Waals surface area contributed by atoms with E-state index < -0.39 is 0 Å². The molecule has 22 heavy (non-hydrogen) atoms. The molecule has 0 fully saturated rings. The average molecular weight is 298 g/mol. The van der Waals surface area contributed by atoms with Gasteiger partial charge in [-0.05, 0) is 51.2 Å². The van der Waals surface area contributed by atoms with Crippen LogP contribution >= 0.6 is 0 Å². The maximum atomic E-state index is 6.33. The van der Waals surface area contributed by atoms with Crippen molar-refractivity contribution in [2.45, 2.75) is 60.0 Å². The second kappa shape index (κ2) is 10.0. The van der Waals surface area contributed by atoms with E-state index in [1.54, 1.807) is 0 Å². The largest absolute Gasteiger partial charge is 0.490 e. The normalized spacial score (nSPS) is 18.0. The highest BCUT2D eigenvalue weighted by Crippen LogP contribution is 2.24. The van der Waals surface area contributed by atoms with Crippen LogP contribution in [-0.2, 0) is 4.74 Å². The van der Waals surface area contributed by atoms with Gasteiger partial charge < -0.3 is 4.74 Å². The first-order valence-corrected chi connectivity index (χ1v) is 8.33. The van der Waals surface area contributed by atoms with Crippen LogP contribution in [0.15, 0.2) is 71.1 Å². The molecule has 0 N–H and O–H groups in total. The molecule has 0 radical (unpaired) electrons. The quantitative estimate of drug-likeness (QED) is 0.388. The van der Waals surface area contributed by atoms with Crippen LogP contribution in [0.25, 0.3) is 0 Å². The summed E-state index contributed by atoms with van der Waals surface area (Å²) in [5, 5.41) is 0. The van der Waals surface area contributed by atoms with E-state index in [4.69, 9.17) is 4.74 Å². The highest BCUT2D eigenvalue weighted by atomic mass is 16.5. The Balaban J connectivity index is 3.02. The van der Waals surface area contributed by atoms with Crippen LogP contribution in [0, 0.1) is 0 Å². The van der Waals surface area contributed by atoms with Crippen molar-refractivity contribution in [1.82, 2.24) is 0 Å². The van der Waals surface area contributed by atoms with Crippen molar-refractivity contribution in [3.05, 3.63) is 71.1 Å². The van der Waals surface area contributed by atoms with Crippen molar-refractivity contribution >= 4 is 0 Å². The van der Waals surface area contributed by atoms with E-state index in [9.17, 15) is 0 Å². The van der Waals surface area contributed by atoms with Gasteiger partial charge in [-0.2, -0.15) is 0 Å². The Kier molecular flexibility index (Phi) is 8.35. The van der Waals surface area contributed by atoms with Crippen molar-refractivity contribution in [3.63, 3.8) is 0 Å². The maximum absolute atomic E-state index is 6.33. The molecule has 0 aromatic carbocycles. The first kappa shape index (κ1) is 18.3. The molecule has 0 aromatic heterocycles. The van der Waals surface area contributed by atoms with E-state index in [2.05, 4.69) is 76.3 Å². The summed E-state index contributed by atoms with van der Waals surface area (Å²) in [6.45, 7) is 10.6. The van der Waals surface area contributed by atoms with E-state index in [0.717, 1.165) is 25.0 Å². The number of allylic oxidation sites excluding steroid dienone is 11. The van der Waals surface area contributed by atoms with Crippen molar-refractivity contribution in [2.24, 2.45) is 0 Å². The van der Waals surface area contributed by atoms with Crippen LogP contribution in [0.4, 0.5) is 0 Å². The molecule has 1 rings (SSSR count). The lowest BCUT2D eigenvalue weighted by Crippen LogP contribution is -2.14. The minimum atomic E-state index is 0.141. The molecule has 1 unspecified atom stereocenters. The van der Waals surface area contributed by atoms with Crippen LogP contribution in [-0.4, -0.2) is 6.10 Å². The van der Waals surface area contributed by atoms with E-state index in [-0.39, 0.29) is 6.10 Å². The summed E-state index contributed by atoms with van der Waals surface area (Å²) in [6, 6.07) is 0. The molecule has 0 aliphatic heterocycles.